The van der Waals surface area contributed by atoms with Crippen LogP contribution in [0.1, 0.15) is 48.5 Å². The van der Waals surface area contributed by atoms with Crippen LogP contribution in [-0.4, -0.2) is 63.4 Å². The number of rotatable bonds is 8. The van der Waals surface area contributed by atoms with Crippen molar-refractivity contribution in [1.29, 1.82) is 0 Å². The van der Waals surface area contributed by atoms with Crippen molar-refractivity contribution in [2.45, 2.75) is 61.6 Å². The van der Waals surface area contributed by atoms with E-state index < -0.39 is 23.7 Å². The van der Waals surface area contributed by atoms with Gasteiger partial charge in [-0.25, -0.2) is 4.39 Å². The zero-order valence-corrected chi connectivity index (χ0v) is 19.8. The van der Waals surface area contributed by atoms with E-state index in [0.29, 0.717) is 30.7 Å². The highest BCUT2D eigenvalue weighted by atomic mass is 19.1. The average molecular weight is 496 g/mol. The summed E-state index contributed by atoms with van der Waals surface area (Å²) in [5.41, 5.74) is -0.144. The minimum atomic E-state index is -1.03. The van der Waals surface area contributed by atoms with Crippen molar-refractivity contribution in [3.63, 3.8) is 0 Å². The summed E-state index contributed by atoms with van der Waals surface area (Å²) in [4.78, 5) is 30.7. The molecule has 11 heteroatoms. The van der Waals surface area contributed by atoms with Gasteiger partial charge in [0, 0.05) is 44.2 Å². The van der Waals surface area contributed by atoms with Crippen molar-refractivity contribution in [2.75, 3.05) is 25.6 Å². The van der Waals surface area contributed by atoms with E-state index in [1.54, 1.807) is 25.4 Å². The van der Waals surface area contributed by atoms with Gasteiger partial charge in [-0.1, -0.05) is 0 Å². The first kappa shape index (κ1) is 21.9. The Morgan fingerprint density at radius 2 is 2.17 bits per heavy atom. The number of nitrogens with one attached hydrogen (secondary N) is 1. The largest absolute Gasteiger partial charge is 0.474 e. The zero-order chi connectivity index (χ0) is 24.7. The summed E-state index contributed by atoms with van der Waals surface area (Å²) in [6.45, 7) is 1.09. The Morgan fingerprint density at radius 1 is 1.36 bits per heavy atom. The van der Waals surface area contributed by atoms with Gasteiger partial charge in [-0.3, -0.25) is 14.3 Å². The second-order valence-corrected chi connectivity index (χ2v) is 10.5. The number of methoxy groups -OCH3 is 1. The van der Waals surface area contributed by atoms with Gasteiger partial charge >= 0.3 is 0 Å². The number of hydrogen-bond acceptors (Lipinski definition) is 7. The summed E-state index contributed by atoms with van der Waals surface area (Å²) in [5.74, 6) is -0.321. The Kier molecular flexibility index (Phi) is 4.63. The topological polar surface area (TPSA) is 110 Å². The van der Waals surface area contributed by atoms with Gasteiger partial charge in [-0.05, 0) is 31.0 Å². The standard InChI is InChI=1S/C25H26FN5O5/c1-34-13-25-10-24(11-25,12-35-25)31-9-14-7-16(22(28-20(14)29-31)36-15-4-5-15)21(32)27-18-3-2-6-30(23(18)33)19-8-17(19)26/h2-3,6-7,9,15,17,19H,4-5,8,10-13H2,1H3,(H,27,32)/t17-,19+,24?,25?/m1/s1. The predicted molar refractivity (Wildman–Crippen MR) is 126 cm³/mol. The Labute approximate surface area is 205 Å². The molecule has 5 heterocycles. The Balaban J connectivity index is 1.21. The van der Waals surface area contributed by atoms with E-state index in [4.69, 9.17) is 19.3 Å². The number of alkyl halides is 1. The summed E-state index contributed by atoms with van der Waals surface area (Å²) in [5, 5.41) is 8.09. The van der Waals surface area contributed by atoms with Crippen LogP contribution in [0.5, 0.6) is 5.88 Å². The van der Waals surface area contributed by atoms with Gasteiger partial charge in [0.05, 0.1) is 30.4 Å². The monoisotopic (exact) mass is 495 g/mol. The number of pyridine rings is 2. The van der Waals surface area contributed by atoms with Gasteiger partial charge in [-0.2, -0.15) is 10.1 Å². The Hall–Kier alpha value is -3.31. The second-order valence-electron chi connectivity index (χ2n) is 10.5. The van der Waals surface area contributed by atoms with Crippen LogP contribution >= 0.6 is 0 Å². The van der Waals surface area contributed by atoms with Gasteiger partial charge in [0.2, 0.25) is 5.88 Å². The van der Waals surface area contributed by atoms with E-state index in [1.165, 1.54) is 10.6 Å². The maximum absolute atomic E-state index is 13.5. The molecule has 1 amide bonds. The predicted octanol–water partition coefficient (Wildman–Crippen LogP) is 2.57. The quantitative estimate of drug-likeness (QED) is 0.512. The highest BCUT2D eigenvalue weighted by molar-refractivity contribution is 6.07. The zero-order valence-electron chi connectivity index (χ0n) is 19.8. The molecule has 2 bridgehead atoms. The molecular formula is C25H26FN5O5. The number of carbonyl (C=O) groups excluding carboxylic acids is 1. The van der Waals surface area contributed by atoms with E-state index in [2.05, 4.69) is 10.3 Å². The van der Waals surface area contributed by atoms with Crippen LogP contribution in [0.4, 0.5) is 10.1 Å². The Bertz CT molecular complexity index is 1440. The average Bonchev–Trinajstić information content (AvgIpc) is 3.65. The summed E-state index contributed by atoms with van der Waals surface area (Å²) in [6.07, 6.45) is 6.12. The molecule has 3 aliphatic carbocycles. The number of halogens is 1. The van der Waals surface area contributed by atoms with Crippen LogP contribution in [0.15, 0.2) is 35.4 Å². The minimum absolute atomic E-state index is 0.0111. The minimum Gasteiger partial charge on any atom is -0.474 e. The fourth-order valence-corrected chi connectivity index (χ4v) is 5.55. The molecular weight excluding hydrogens is 469 g/mol. The number of nitrogens with zero attached hydrogens (tertiary/aromatic N) is 4. The van der Waals surface area contributed by atoms with Crippen molar-refractivity contribution >= 4 is 22.6 Å². The number of anilines is 1. The lowest BCUT2D eigenvalue weighted by Gasteiger charge is -2.43. The molecule has 0 radical (unpaired) electrons. The number of amides is 1. The highest BCUT2D eigenvalue weighted by Crippen LogP contribution is 2.56. The van der Waals surface area contributed by atoms with E-state index in [0.717, 1.165) is 25.7 Å². The van der Waals surface area contributed by atoms with Gasteiger partial charge < -0.3 is 24.1 Å². The molecule has 36 heavy (non-hydrogen) atoms. The molecule has 0 spiro atoms. The maximum atomic E-state index is 13.5. The third kappa shape index (κ3) is 3.44. The molecule has 2 saturated heterocycles. The summed E-state index contributed by atoms with van der Waals surface area (Å²) in [6, 6.07) is 4.37. The van der Waals surface area contributed by atoms with Crippen molar-refractivity contribution in [3.05, 3.63) is 46.5 Å². The van der Waals surface area contributed by atoms with Crippen LogP contribution in [0, 0.1) is 0 Å². The van der Waals surface area contributed by atoms with Crippen molar-refractivity contribution in [1.82, 2.24) is 19.3 Å². The lowest BCUT2D eigenvalue weighted by atomic mass is 9.69. The van der Waals surface area contributed by atoms with Crippen LogP contribution in [0.25, 0.3) is 11.0 Å². The SMILES string of the molecule is COCC12CC(n3cc4cc(C(=O)Nc5cccn([C@H]6C[C@H]6F)c5=O)c(OC5CC5)nc4n3)(CO1)C2. The van der Waals surface area contributed by atoms with Gasteiger partial charge in [0.1, 0.15) is 23.5 Å². The number of aromatic nitrogens is 4. The highest BCUT2D eigenvalue weighted by Gasteiger charge is 2.64. The number of fused-ring (bicyclic) bond motifs is 2. The summed E-state index contributed by atoms with van der Waals surface area (Å²) >= 11 is 0. The fourth-order valence-electron chi connectivity index (χ4n) is 5.55. The first-order chi connectivity index (χ1) is 17.4. The van der Waals surface area contributed by atoms with E-state index in [-0.39, 0.29) is 34.4 Å². The first-order valence-electron chi connectivity index (χ1n) is 12.3. The second kappa shape index (κ2) is 7.59. The first-order valence-corrected chi connectivity index (χ1v) is 12.3. The number of ether oxygens (including phenoxy) is 3. The van der Waals surface area contributed by atoms with Crippen molar-refractivity contribution in [3.8, 4) is 5.88 Å². The van der Waals surface area contributed by atoms with Crippen LogP contribution in [0.2, 0.25) is 0 Å². The molecule has 10 nitrogen and oxygen atoms in total. The van der Waals surface area contributed by atoms with Gasteiger partial charge in [0.25, 0.3) is 11.5 Å². The van der Waals surface area contributed by atoms with Gasteiger partial charge in [0.15, 0.2) is 5.65 Å². The molecule has 8 rings (SSSR count). The molecule has 5 fully saturated rings. The maximum Gasteiger partial charge on any atom is 0.274 e. The molecule has 3 aromatic rings. The summed E-state index contributed by atoms with van der Waals surface area (Å²) < 4.78 is 34.1. The summed E-state index contributed by atoms with van der Waals surface area (Å²) in [7, 11) is 1.67. The fraction of sp³-hybridized carbons (Fsp3) is 0.520. The molecule has 0 unspecified atom stereocenters. The molecule has 188 valence electrons. The van der Waals surface area contributed by atoms with Crippen molar-refractivity contribution in [2.24, 2.45) is 0 Å². The molecule has 3 saturated carbocycles. The molecule has 3 aromatic heterocycles. The molecule has 5 aliphatic rings. The van der Waals surface area contributed by atoms with E-state index in [1.807, 2.05) is 10.9 Å². The van der Waals surface area contributed by atoms with Crippen LogP contribution in [0.3, 0.4) is 0 Å². The van der Waals surface area contributed by atoms with Crippen molar-refractivity contribution < 1.29 is 23.4 Å². The lowest BCUT2D eigenvalue weighted by molar-refractivity contribution is -0.0694. The lowest BCUT2D eigenvalue weighted by Crippen LogP contribution is -2.53. The molecule has 2 atom stereocenters. The molecule has 2 aliphatic heterocycles. The Morgan fingerprint density at radius 3 is 2.89 bits per heavy atom. The third-order valence-corrected chi connectivity index (χ3v) is 7.61. The molecule has 0 aromatic carbocycles. The number of carbonyl (C=O) groups is 1. The van der Waals surface area contributed by atoms with E-state index in [9.17, 15) is 14.0 Å². The van der Waals surface area contributed by atoms with Crippen LogP contribution in [-0.2, 0) is 15.0 Å². The normalized spacial score (nSPS) is 30.3. The van der Waals surface area contributed by atoms with Gasteiger partial charge in [-0.15, -0.1) is 0 Å². The third-order valence-electron chi connectivity index (χ3n) is 7.61. The smallest absolute Gasteiger partial charge is 0.274 e. The van der Waals surface area contributed by atoms with E-state index >= 15 is 0 Å². The number of hydrogen-bond donors (Lipinski definition) is 1. The van der Waals surface area contributed by atoms with Crippen LogP contribution < -0.4 is 15.6 Å². The molecule has 1 N–H and O–H groups in total.